The van der Waals surface area contributed by atoms with Crippen LogP contribution >= 0.6 is 0 Å². The Kier molecular flexibility index (Phi) is 7.29. The van der Waals surface area contributed by atoms with E-state index in [0.717, 1.165) is 37.0 Å². The highest BCUT2D eigenvalue weighted by molar-refractivity contribution is 7.92. The number of likely N-dealkylation sites (tertiary alicyclic amines) is 1. The zero-order valence-electron chi connectivity index (χ0n) is 17.8. The molecule has 2 amide bonds. The Hall–Kier alpha value is -2.91. The van der Waals surface area contributed by atoms with Crippen LogP contribution < -0.4 is 15.4 Å². The Morgan fingerprint density at radius 1 is 1.03 bits per heavy atom. The third-order valence-corrected chi connectivity index (χ3v) is 5.62. The van der Waals surface area contributed by atoms with Gasteiger partial charge in [0.05, 0.1) is 17.5 Å². The van der Waals surface area contributed by atoms with E-state index in [4.69, 9.17) is 0 Å². The zero-order valence-corrected chi connectivity index (χ0v) is 18.6. The predicted octanol–water partition coefficient (Wildman–Crippen LogP) is 2.54. The highest BCUT2D eigenvalue weighted by atomic mass is 32.2. The molecular weight excluding hydrogens is 416 g/mol. The Morgan fingerprint density at radius 2 is 1.71 bits per heavy atom. The summed E-state index contributed by atoms with van der Waals surface area (Å²) in [6.45, 7) is 4.67. The first-order chi connectivity index (χ1) is 14.7. The topological polar surface area (TPSA) is 108 Å². The molecule has 9 heteroatoms. The maximum Gasteiger partial charge on any atom is 0.253 e. The number of carbonyl (C=O) groups is 2. The van der Waals surface area contributed by atoms with Crippen LogP contribution in [0, 0.1) is 0 Å². The monoisotopic (exact) mass is 444 g/mol. The fraction of sp³-hybridized carbons (Fsp3) is 0.364. The van der Waals surface area contributed by atoms with Crippen molar-refractivity contribution in [3.8, 4) is 0 Å². The molecule has 2 aromatic rings. The van der Waals surface area contributed by atoms with Crippen molar-refractivity contribution >= 4 is 33.2 Å². The van der Waals surface area contributed by atoms with Crippen LogP contribution in [-0.2, 0) is 27.9 Å². The van der Waals surface area contributed by atoms with Crippen LogP contribution in [0.2, 0.25) is 0 Å². The normalized spacial score (nSPS) is 14.3. The van der Waals surface area contributed by atoms with E-state index >= 15 is 0 Å². The fourth-order valence-corrected chi connectivity index (χ4v) is 4.22. The number of anilines is 2. The molecule has 0 atom stereocenters. The number of nitrogens with zero attached hydrogens (tertiary/aromatic N) is 1. The van der Waals surface area contributed by atoms with Crippen molar-refractivity contribution in [2.75, 3.05) is 29.4 Å². The summed E-state index contributed by atoms with van der Waals surface area (Å²) in [6.07, 6.45) is 3.43. The van der Waals surface area contributed by atoms with Crippen LogP contribution in [0.3, 0.4) is 0 Å². The van der Waals surface area contributed by atoms with Crippen LogP contribution in [0.4, 0.5) is 11.4 Å². The van der Waals surface area contributed by atoms with Gasteiger partial charge in [-0.15, -0.1) is 0 Å². The van der Waals surface area contributed by atoms with Gasteiger partial charge >= 0.3 is 0 Å². The molecule has 0 aromatic heterocycles. The molecule has 0 spiro atoms. The van der Waals surface area contributed by atoms with E-state index < -0.39 is 15.9 Å². The molecule has 0 saturated carbocycles. The first-order valence-corrected chi connectivity index (χ1v) is 12.1. The largest absolute Gasteiger partial charge is 0.348 e. The molecule has 1 aliphatic heterocycles. The van der Waals surface area contributed by atoms with Crippen molar-refractivity contribution in [3.63, 3.8) is 0 Å². The van der Waals surface area contributed by atoms with E-state index in [1.165, 1.54) is 38.0 Å². The molecule has 166 valence electrons. The minimum atomic E-state index is -3.58. The van der Waals surface area contributed by atoms with Crippen molar-refractivity contribution in [1.29, 1.82) is 0 Å². The van der Waals surface area contributed by atoms with Gasteiger partial charge in [0, 0.05) is 25.7 Å². The quantitative estimate of drug-likeness (QED) is 0.580. The molecule has 1 fully saturated rings. The molecule has 3 rings (SSSR count). The second-order valence-electron chi connectivity index (χ2n) is 7.75. The predicted molar refractivity (Wildman–Crippen MR) is 121 cm³/mol. The van der Waals surface area contributed by atoms with Gasteiger partial charge in [0.25, 0.3) is 5.91 Å². The molecule has 0 bridgehead atoms. The van der Waals surface area contributed by atoms with Gasteiger partial charge < -0.3 is 10.6 Å². The number of nitrogens with one attached hydrogen (secondary N) is 3. The van der Waals surface area contributed by atoms with Gasteiger partial charge in [-0.3, -0.25) is 19.2 Å². The summed E-state index contributed by atoms with van der Waals surface area (Å²) in [5.41, 5.74) is 2.86. The van der Waals surface area contributed by atoms with Crippen LogP contribution in [0.25, 0.3) is 0 Å². The fourth-order valence-electron chi connectivity index (χ4n) is 3.64. The van der Waals surface area contributed by atoms with Crippen molar-refractivity contribution in [2.45, 2.75) is 32.9 Å². The summed E-state index contributed by atoms with van der Waals surface area (Å²) >= 11 is 0. The Bertz CT molecular complexity index is 1060. The highest BCUT2D eigenvalue weighted by Gasteiger charge is 2.17. The van der Waals surface area contributed by atoms with E-state index in [2.05, 4.69) is 26.3 Å². The van der Waals surface area contributed by atoms with Gasteiger partial charge in [0.2, 0.25) is 15.9 Å². The van der Waals surface area contributed by atoms with Crippen molar-refractivity contribution in [3.05, 3.63) is 59.2 Å². The maximum atomic E-state index is 12.9. The number of rotatable bonds is 8. The number of hydrogen-bond donors (Lipinski definition) is 3. The molecule has 1 aliphatic rings. The number of hydrogen-bond acceptors (Lipinski definition) is 5. The molecular formula is C22H28N4O4S. The molecule has 1 heterocycles. The van der Waals surface area contributed by atoms with Crippen molar-refractivity contribution < 1.29 is 18.0 Å². The van der Waals surface area contributed by atoms with Gasteiger partial charge in [-0.1, -0.05) is 24.3 Å². The summed E-state index contributed by atoms with van der Waals surface area (Å²) in [6, 6.07) is 12.4. The SMILES string of the molecule is CC(=O)Nc1ccc(NS(C)(=O)=O)c(C(=O)NCc2ccccc2CN2CCCC2)c1. The average Bonchev–Trinajstić information content (AvgIpc) is 3.20. The summed E-state index contributed by atoms with van der Waals surface area (Å²) in [7, 11) is -3.58. The summed E-state index contributed by atoms with van der Waals surface area (Å²) < 4.78 is 25.8. The van der Waals surface area contributed by atoms with Gasteiger partial charge in [-0.05, 0) is 55.3 Å². The molecule has 8 nitrogen and oxygen atoms in total. The van der Waals surface area contributed by atoms with E-state index in [-0.39, 0.29) is 17.2 Å². The second-order valence-corrected chi connectivity index (χ2v) is 9.50. The molecule has 3 N–H and O–H groups in total. The van der Waals surface area contributed by atoms with E-state index in [1.54, 1.807) is 0 Å². The summed E-state index contributed by atoms with van der Waals surface area (Å²) in [4.78, 5) is 26.7. The Morgan fingerprint density at radius 3 is 2.35 bits per heavy atom. The average molecular weight is 445 g/mol. The maximum absolute atomic E-state index is 12.9. The lowest BCUT2D eigenvalue weighted by Gasteiger charge is -2.18. The number of benzene rings is 2. The van der Waals surface area contributed by atoms with Gasteiger partial charge in [-0.25, -0.2) is 8.42 Å². The molecule has 1 saturated heterocycles. The number of amides is 2. The molecule has 0 unspecified atom stereocenters. The summed E-state index contributed by atoms with van der Waals surface area (Å²) in [5.74, 6) is -0.722. The van der Waals surface area contributed by atoms with Gasteiger partial charge in [0.15, 0.2) is 0 Å². The van der Waals surface area contributed by atoms with Crippen molar-refractivity contribution in [1.82, 2.24) is 10.2 Å². The second kappa shape index (κ2) is 9.93. The smallest absolute Gasteiger partial charge is 0.253 e. The van der Waals surface area contributed by atoms with Gasteiger partial charge in [-0.2, -0.15) is 0 Å². The lowest BCUT2D eigenvalue weighted by atomic mass is 10.1. The standard InChI is InChI=1S/C22H28N4O4S/c1-16(27)24-19-9-10-21(25-31(2,29)30)20(13-19)22(28)23-14-17-7-3-4-8-18(17)15-26-11-5-6-12-26/h3-4,7-10,13,25H,5-6,11-12,14-15H2,1-2H3,(H,23,28)(H,24,27). The Labute approximate surface area is 183 Å². The molecule has 0 radical (unpaired) electrons. The minimum Gasteiger partial charge on any atom is -0.348 e. The first-order valence-electron chi connectivity index (χ1n) is 10.2. The Balaban J connectivity index is 1.78. The number of sulfonamides is 1. The van der Waals surface area contributed by atoms with Crippen LogP contribution in [-0.4, -0.2) is 44.5 Å². The first kappa shape index (κ1) is 22.8. The highest BCUT2D eigenvalue weighted by Crippen LogP contribution is 2.22. The van der Waals surface area contributed by atoms with E-state index in [1.807, 2.05) is 18.2 Å². The number of carbonyl (C=O) groups excluding carboxylic acids is 2. The van der Waals surface area contributed by atoms with Gasteiger partial charge in [0.1, 0.15) is 0 Å². The third-order valence-electron chi connectivity index (χ3n) is 5.03. The van der Waals surface area contributed by atoms with E-state index in [9.17, 15) is 18.0 Å². The minimum absolute atomic E-state index is 0.133. The third kappa shape index (κ3) is 6.80. The lowest BCUT2D eigenvalue weighted by molar-refractivity contribution is -0.114. The van der Waals surface area contributed by atoms with Crippen LogP contribution in [0.15, 0.2) is 42.5 Å². The lowest BCUT2D eigenvalue weighted by Crippen LogP contribution is -2.26. The molecule has 0 aliphatic carbocycles. The van der Waals surface area contributed by atoms with Crippen LogP contribution in [0.1, 0.15) is 41.3 Å². The molecule has 31 heavy (non-hydrogen) atoms. The molecule has 2 aromatic carbocycles. The zero-order chi connectivity index (χ0) is 22.4. The summed E-state index contributed by atoms with van der Waals surface area (Å²) in [5, 5.41) is 5.49. The van der Waals surface area contributed by atoms with Crippen molar-refractivity contribution in [2.24, 2.45) is 0 Å². The van der Waals surface area contributed by atoms with E-state index in [0.29, 0.717) is 12.2 Å². The van der Waals surface area contributed by atoms with Crippen LogP contribution in [0.5, 0.6) is 0 Å².